The topological polar surface area (TPSA) is 57.5 Å². The van der Waals surface area contributed by atoms with E-state index >= 15 is 0 Å². The molecule has 14 heavy (non-hydrogen) atoms. The fourth-order valence-electron chi connectivity index (χ4n) is 1.54. The third-order valence-electron chi connectivity index (χ3n) is 2.54. The van der Waals surface area contributed by atoms with Crippen LogP contribution in [-0.2, 0) is 0 Å². The van der Waals surface area contributed by atoms with Gasteiger partial charge in [0.25, 0.3) is 0 Å². The highest BCUT2D eigenvalue weighted by molar-refractivity contribution is 5.87. The summed E-state index contributed by atoms with van der Waals surface area (Å²) in [6.07, 6.45) is 1.59. The number of aromatic carboxylic acids is 1. The van der Waals surface area contributed by atoms with Crippen LogP contribution in [0.3, 0.4) is 0 Å². The highest BCUT2D eigenvalue weighted by Crippen LogP contribution is 2.40. The number of carboxylic acid groups (broad SMARTS) is 1. The van der Waals surface area contributed by atoms with Crippen LogP contribution in [0.15, 0.2) is 24.3 Å². The van der Waals surface area contributed by atoms with Crippen LogP contribution >= 0.6 is 0 Å². The number of carbonyl (C=O) groups is 1. The highest BCUT2D eigenvalue weighted by Gasteiger charge is 2.30. The third kappa shape index (κ3) is 1.77. The van der Waals surface area contributed by atoms with Crippen LogP contribution in [-0.4, -0.2) is 16.2 Å². The maximum Gasteiger partial charge on any atom is 0.335 e. The molecule has 1 aromatic rings. The lowest BCUT2D eigenvalue weighted by atomic mass is 10.0. The van der Waals surface area contributed by atoms with E-state index in [1.807, 2.05) is 0 Å². The van der Waals surface area contributed by atoms with Crippen molar-refractivity contribution >= 4 is 5.97 Å². The Balaban J connectivity index is 2.24. The van der Waals surface area contributed by atoms with Gasteiger partial charge < -0.3 is 10.2 Å². The van der Waals surface area contributed by atoms with Crippen LogP contribution < -0.4 is 0 Å². The van der Waals surface area contributed by atoms with Gasteiger partial charge in [0.2, 0.25) is 0 Å². The molecular formula is C11H12O3. The van der Waals surface area contributed by atoms with Crippen LogP contribution in [0.4, 0.5) is 0 Å². The molecule has 3 heteroatoms. The summed E-state index contributed by atoms with van der Waals surface area (Å²) < 4.78 is 0. The van der Waals surface area contributed by atoms with Gasteiger partial charge in [0.05, 0.1) is 11.7 Å². The fourth-order valence-corrected chi connectivity index (χ4v) is 1.54. The Bertz CT molecular complexity index is 355. The predicted octanol–water partition coefficient (Wildman–Crippen LogP) is 1.83. The molecule has 0 radical (unpaired) electrons. The second kappa shape index (κ2) is 3.42. The van der Waals surface area contributed by atoms with Gasteiger partial charge in [-0.3, -0.25) is 0 Å². The lowest BCUT2D eigenvalue weighted by molar-refractivity contribution is 0.0696. The zero-order chi connectivity index (χ0) is 10.1. The quantitative estimate of drug-likeness (QED) is 0.768. The van der Waals surface area contributed by atoms with Crippen molar-refractivity contribution in [3.05, 3.63) is 35.4 Å². The molecule has 0 bridgehead atoms. The second-order valence-electron chi connectivity index (χ2n) is 3.71. The van der Waals surface area contributed by atoms with Gasteiger partial charge >= 0.3 is 5.97 Å². The monoisotopic (exact) mass is 192 g/mol. The molecule has 2 N–H and O–H groups in total. The summed E-state index contributed by atoms with van der Waals surface area (Å²) in [5, 5.41) is 18.5. The molecule has 0 aromatic heterocycles. The number of carboxylic acids is 1. The molecule has 0 heterocycles. The van der Waals surface area contributed by atoms with Crippen molar-refractivity contribution in [1.82, 2.24) is 0 Å². The summed E-state index contributed by atoms with van der Waals surface area (Å²) in [6, 6.07) is 6.52. The van der Waals surface area contributed by atoms with E-state index in [1.54, 1.807) is 18.2 Å². The zero-order valence-electron chi connectivity index (χ0n) is 7.68. The summed E-state index contributed by atoms with van der Waals surface area (Å²) in [7, 11) is 0. The normalized spacial score (nSPS) is 17.8. The van der Waals surface area contributed by atoms with Gasteiger partial charge in [-0.1, -0.05) is 12.1 Å². The molecule has 2 rings (SSSR count). The van der Waals surface area contributed by atoms with Crippen molar-refractivity contribution in [2.24, 2.45) is 5.92 Å². The Hall–Kier alpha value is -1.35. The van der Waals surface area contributed by atoms with Gasteiger partial charge in [-0.25, -0.2) is 4.79 Å². The molecule has 1 aromatic carbocycles. The minimum atomic E-state index is -0.949. The second-order valence-corrected chi connectivity index (χ2v) is 3.71. The maximum atomic E-state index is 10.7. The Morgan fingerprint density at radius 3 is 2.71 bits per heavy atom. The largest absolute Gasteiger partial charge is 0.478 e. The van der Waals surface area contributed by atoms with E-state index in [0.717, 1.165) is 12.8 Å². The third-order valence-corrected chi connectivity index (χ3v) is 2.54. The summed E-state index contributed by atoms with van der Waals surface area (Å²) in [5.74, 6) is -0.617. The van der Waals surface area contributed by atoms with Gasteiger partial charge in [0.1, 0.15) is 0 Å². The van der Waals surface area contributed by atoms with Crippen molar-refractivity contribution in [1.29, 1.82) is 0 Å². The van der Waals surface area contributed by atoms with E-state index in [1.165, 1.54) is 6.07 Å². The molecule has 1 atom stereocenters. The van der Waals surface area contributed by atoms with Crippen LogP contribution in [0.5, 0.6) is 0 Å². The smallest absolute Gasteiger partial charge is 0.335 e. The fraction of sp³-hybridized carbons (Fsp3) is 0.364. The summed E-state index contributed by atoms with van der Waals surface area (Å²) in [6.45, 7) is 0. The molecule has 74 valence electrons. The lowest BCUT2D eigenvalue weighted by Crippen LogP contribution is -2.02. The average molecular weight is 192 g/mol. The van der Waals surface area contributed by atoms with Crippen molar-refractivity contribution in [3.8, 4) is 0 Å². The number of aliphatic hydroxyl groups is 1. The molecule has 1 unspecified atom stereocenters. The van der Waals surface area contributed by atoms with Gasteiger partial charge in [-0.2, -0.15) is 0 Å². The molecule has 0 amide bonds. The number of rotatable bonds is 3. The minimum absolute atomic E-state index is 0.238. The molecule has 0 aliphatic heterocycles. The molecule has 1 aliphatic carbocycles. The van der Waals surface area contributed by atoms with Crippen LogP contribution in [0.2, 0.25) is 0 Å². The Morgan fingerprint density at radius 1 is 1.43 bits per heavy atom. The molecular weight excluding hydrogens is 180 g/mol. The lowest BCUT2D eigenvalue weighted by Gasteiger charge is -2.09. The standard InChI is InChI=1S/C11H12O3/c12-10(7-4-5-7)8-2-1-3-9(6-8)11(13)14/h1-3,6-7,10,12H,4-5H2,(H,13,14). The van der Waals surface area contributed by atoms with E-state index in [9.17, 15) is 9.90 Å². The maximum absolute atomic E-state index is 10.7. The Kier molecular flexibility index (Phi) is 2.25. The van der Waals surface area contributed by atoms with Crippen molar-refractivity contribution in [2.45, 2.75) is 18.9 Å². The van der Waals surface area contributed by atoms with E-state index in [4.69, 9.17) is 5.11 Å². The molecule has 1 saturated carbocycles. The minimum Gasteiger partial charge on any atom is -0.478 e. The van der Waals surface area contributed by atoms with Crippen LogP contribution in [0.25, 0.3) is 0 Å². The van der Waals surface area contributed by atoms with Crippen molar-refractivity contribution in [2.75, 3.05) is 0 Å². The number of benzene rings is 1. The first-order valence-corrected chi connectivity index (χ1v) is 4.70. The number of hydrogen-bond donors (Lipinski definition) is 2. The SMILES string of the molecule is O=C(O)c1cccc(C(O)C2CC2)c1. The first kappa shape index (κ1) is 9.21. The number of hydrogen-bond acceptors (Lipinski definition) is 2. The number of aliphatic hydroxyl groups excluding tert-OH is 1. The molecule has 1 fully saturated rings. The predicted molar refractivity (Wildman–Crippen MR) is 51.1 cm³/mol. The molecule has 0 saturated heterocycles. The van der Waals surface area contributed by atoms with Gasteiger partial charge in [-0.05, 0) is 36.5 Å². The Morgan fingerprint density at radius 2 is 2.14 bits per heavy atom. The summed E-state index contributed by atoms with van der Waals surface area (Å²) >= 11 is 0. The highest BCUT2D eigenvalue weighted by atomic mass is 16.4. The summed E-state index contributed by atoms with van der Waals surface area (Å²) in [5.41, 5.74) is 0.953. The summed E-state index contributed by atoms with van der Waals surface area (Å²) in [4.78, 5) is 10.7. The van der Waals surface area contributed by atoms with E-state index in [0.29, 0.717) is 11.5 Å². The van der Waals surface area contributed by atoms with Crippen LogP contribution in [0, 0.1) is 5.92 Å². The first-order valence-electron chi connectivity index (χ1n) is 4.70. The average Bonchev–Trinajstić information content (AvgIpc) is 3.00. The van der Waals surface area contributed by atoms with E-state index < -0.39 is 12.1 Å². The van der Waals surface area contributed by atoms with E-state index in [-0.39, 0.29) is 5.56 Å². The zero-order valence-corrected chi connectivity index (χ0v) is 7.68. The van der Waals surface area contributed by atoms with E-state index in [2.05, 4.69) is 0 Å². The van der Waals surface area contributed by atoms with Gasteiger partial charge in [-0.15, -0.1) is 0 Å². The van der Waals surface area contributed by atoms with Crippen molar-refractivity contribution in [3.63, 3.8) is 0 Å². The molecule has 0 spiro atoms. The Labute approximate surface area is 82.0 Å². The molecule has 1 aliphatic rings. The molecule has 3 nitrogen and oxygen atoms in total. The van der Waals surface area contributed by atoms with Crippen molar-refractivity contribution < 1.29 is 15.0 Å². The first-order chi connectivity index (χ1) is 6.68. The van der Waals surface area contributed by atoms with Crippen LogP contribution in [0.1, 0.15) is 34.9 Å². The van der Waals surface area contributed by atoms with Gasteiger partial charge in [0.15, 0.2) is 0 Å². The van der Waals surface area contributed by atoms with Gasteiger partial charge in [0, 0.05) is 0 Å².